The fourth-order valence-corrected chi connectivity index (χ4v) is 8.46. The maximum Gasteiger partial charge on any atom is 0.220 e. The van der Waals surface area contributed by atoms with E-state index in [-0.39, 0.29) is 36.2 Å². The molecule has 0 saturated carbocycles. The second-order valence-electron chi connectivity index (χ2n) is 15.3. The van der Waals surface area contributed by atoms with Gasteiger partial charge in [0.1, 0.15) is 0 Å². The molecule has 0 bridgehead atoms. The molecule has 2 unspecified atom stereocenters. The van der Waals surface area contributed by atoms with Gasteiger partial charge < -0.3 is 40.2 Å². The lowest BCUT2D eigenvalue weighted by atomic mass is 10.0. The minimum Gasteiger partial charge on any atom is -0.548 e. The van der Waals surface area contributed by atoms with Gasteiger partial charge in [0.2, 0.25) is 11.8 Å². The number of carbonyl (C=O) groups is 4. The van der Waals surface area contributed by atoms with E-state index in [0.717, 1.165) is 60.1 Å². The zero-order valence-electron chi connectivity index (χ0n) is 33.6. The topological polar surface area (TPSA) is 147 Å². The molecule has 0 aromatic heterocycles. The second-order valence-corrected chi connectivity index (χ2v) is 17.9. The summed E-state index contributed by atoms with van der Waals surface area (Å²) in [6.07, 6.45) is 29.2. The Balaban J connectivity index is 3.89. The van der Waals surface area contributed by atoms with Gasteiger partial charge in [-0.15, -0.1) is 0 Å². The Morgan fingerprint density at radius 1 is 0.423 bits per heavy atom. The third-order valence-corrected chi connectivity index (χ3v) is 11.9. The Morgan fingerprint density at radius 3 is 0.885 bits per heavy atom. The molecule has 2 amide bonds. The van der Waals surface area contributed by atoms with Gasteiger partial charge in [0, 0.05) is 24.3 Å². The summed E-state index contributed by atoms with van der Waals surface area (Å²) < 4.78 is 0. The Labute approximate surface area is 325 Å². The first kappa shape index (κ1) is 50.5. The van der Waals surface area contributed by atoms with Gasteiger partial charge in [-0.05, 0) is 38.5 Å². The maximum atomic E-state index is 12.3. The molecule has 306 valence electrons. The summed E-state index contributed by atoms with van der Waals surface area (Å²) >= 11 is 0. The molecule has 0 saturated heterocycles. The normalized spacial score (nSPS) is 12.7. The van der Waals surface area contributed by atoms with Crippen LogP contribution in [0.15, 0.2) is 0 Å². The quantitative estimate of drug-likeness (QED) is 0.0550. The summed E-state index contributed by atoms with van der Waals surface area (Å²) in [5.41, 5.74) is 0. The van der Waals surface area contributed by atoms with E-state index in [1.165, 1.54) is 126 Å². The maximum absolute atomic E-state index is 12.3. The van der Waals surface area contributed by atoms with Crippen molar-refractivity contribution in [3.05, 3.63) is 0 Å². The Kier molecular flexibility index (Phi) is 35.4. The highest BCUT2D eigenvalue weighted by atomic mass is 33.1. The number of amides is 2. The lowest BCUT2D eigenvalue weighted by Crippen LogP contribution is -3.05. The van der Waals surface area contributed by atoms with Crippen LogP contribution in [0.2, 0.25) is 0 Å². The average Bonchev–Trinajstić information content (AvgIpc) is 3.08. The molecule has 0 spiro atoms. The molecular formula is C40H78N4O6S2. The van der Waals surface area contributed by atoms with E-state index in [0.29, 0.717) is 12.8 Å². The van der Waals surface area contributed by atoms with Crippen LogP contribution in [0.4, 0.5) is 0 Å². The summed E-state index contributed by atoms with van der Waals surface area (Å²) in [5.74, 6) is -3.32. The Hall–Kier alpha value is -1.50. The predicted molar refractivity (Wildman–Crippen MR) is 214 cm³/mol. The van der Waals surface area contributed by atoms with Crippen molar-refractivity contribution < 1.29 is 39.2 Å². The van der Waals surface area contributed by atoms with Crippen molar-refractivity contribution >= 4 is 45.3 Å². The molecule has 10 nitrogen and oxygen atoms in total. The predicted octanol–water partition coefficient (Wildman–Crippen LogP) is 3.27. The van der Waals surface area contributed by atoms with Gasteiger partial charge in [-0.2, -0.15) is 0 Å². The van der Waals surface area contributed by atoms with E-state index >= 15 is 0 Å². The number of rotatable bonds is 39. The van der Waals surface area contributed by atoms with Gasteiger partial charge in [0.15, 0.2) is 0 Å². The van der Waals surface area contributed by atoms with Crippen LogP contribution in [0.25, 0.3) is 0 Å². The van der Waals surface area contributed by atoms with Gasteiger partial charge >= 0.3 is 0 Å². The molecular weight excluding hydrogens is 697 g/mol. The number of carboxylic acid groups (broad SMARTS) is 2. The molecule has 0 aromatic rings. The lowest BCUT2D eigenvalue weighted by molar-refractivity contribution is -0.858. The van der Waals surface area contributed by atoms with Crippen LogP contribution in [-0.4, -0.2) is 88.6 Å². The van der Waals surface area contributed by atoms with E-state index in [1.54, 1.807) is 0 Å². The van der Waals surface area contributed by atoms with Crippen LogP contribution in [0.1, 0.15) is 167 Å². The van der Waals surface area contributed by atoms with E-state index in [9.17, 15) is 29.4 Å². The highest BCUT2D eigenvalue weighted by Gasteiger charge is 2.17. The minimum absolute atomic E-state index is 0.0290. The van der Waals surface area contributed by atoms with Crippen molar-refractivity contribution in [3.63, 3.8) is 0 Å². The van der Waals surface area contributed by atoms with Gasteiger partial charge in [-0.3, -0.25) is 9.59 Å². The Bertz CT molecular complexity index is 826. The molecule has 0 aromatic carbocycles. The van der Waals surface area contributed by atoms with Gasteiger partial charge in [0.25, 0.3) is 0 Å². The smallest absolute Gasteiger partial charge is 0.220 e. The molecule has 0 heterocycles. The summed E-state index contributed by atoms with van der Waals surface area (Å²) in [4.78, 5) is 50.9. The van der Waals surface area contributed by atoms with Crippen LogP contribution in [0.3, 0.4) is 0 Å². The summed E-state index contributed by atoms with van der Waals surface area (Å²) in [5, 5.41) is 28.3. The molecule has 12 heteroatoms. The van der Waals surface area contributed by atoms with Crippen molar-refractivity contribution in [3.8, 4) is 0 Å². The number of quaternary nitrogens is 2. The first-order valence-electron chi connectivity index (χ1n) is 20.9. The van der Waals surface area contributed by atoms with Crippen molar-refractivity contribution in [1.29, 1.82) is 0 Å². The summed E-state index contributed by atoms with van der Waals surface area (Å²) in [6.45, 7) is 2.52. The molecule has 0 fully saturated rings. The fourth-order valence-electron chi connectivity index (χ4n) is 6.17. The first-order chi connectivity index (χ1) is 25.0. The highest BCUT2D eigenvalue weighted by Crippen LogP contribution is 2.23. The van der Waals surface area contributed by atoms with E-state index in [4.69, 9.17) is 0 Å². The minimum atomic E-state index is -1.37. The number of hydrogen-bond donors (Lipinski definition) is 4. The van der Waals surface area contributed by atoms with Gasteiger partial charge in [-0.25, -0.2) is 0 Å². The van der Waals surface area contributed by atoms with Gasteiger partial charge in [0.05, 0.1) is 65.3 Å². The standard InChI is InChI=1S/C40H78N4O6S2/c1-43(2)31-27-23-19-15-11-7-5-9-13-17-21-25-29-37(45)41-35(39(47)48)33-51-52-34-36(40(49)50)42-38(46)30-26-22-18-14-10-6-8-12-16-20-24-28-32-44(3)4/h35-36H,5-34H2,1-4H3,(H,41,45)(H,42,46)(H,47,48)(H,49,50). The van der Waals surface area contributed by atoms with Crippen LogP contribution >= 0.6 is 21.6 Å². The summed E-state index contributed by atoms with van der Waals surface area (Å²) in [6, 6.07) is -2.34. The molecule has 0 aliphatic heterocycles. The zero-order valence-corrected chi connectivity index (χ0v) is 35.3. The molecule has 4 N–H and O–H groups in total. The number of aliphatic carboxylic acids is 2. The highest BCUT2D eigenvalue weighted by molar-refractivity contribution is 8.76. The van der Waals surface area contributed by atoms with Crippen molar-refractivity contribution in [2.45, 2.75) is 179 Å². The fraction of sp³-hybridized carbons (Fsp3) is 0.900. The van der Waals surface area contributed by atoms with Crippen LogP contribution in [-0.2, 0) is 19.2 Å². The molecule has 0 rings (SSSR count). The average molecular weight is 775 g/mol. The van der Waals surface area contributed by atoms with E-state index < -0.39 is 24.0 Å². The third-order valence-electron chi connectivity index (χ3n) is 9.45. The number of carbonyl (C=O) groups excluding carboxylic acids is 4. The van der Waals surface area contributed by atoms with Gasteiger partial charge in [-0.1, -0.05) is 137 Å². The number of unbranched alkanes of at least 4 members (excludes halogenated alkanes) is 22. The first-order valence-corrected chi connectivity index (χ1v) is 23.3. The SMILES string of the molecule is C[NH+](C)CCCCCCCCCCCCCCC(=O)NC(CSSCC(NC(=O)CCCCCCCCCCCCCC[NH+](C)C)C(=O)[O-])C(=O)[O-]. The largest absolute Gasteiger partial charge is 0.548 e. The van der Waals surface area contributed by atoms with Crippen molar-refractivity contribution in [2.24, 2.45) is 0 Å². The molecule has 0 radical (unpaired) electrons. The summed E-state index contributed by atoms with van der Waals surface area (Å²) in [7, 11) is 11.1. The van der Waals surface area contributed by atoms with Crippen molar-refractivity contribution in [1.82, 2.24) is 10.6 Å². The monoisotopic (exact) mass is 775 g/mol. The second kappa shape index (κ2) is 36.5. The molecule has 2 atom stereocenters. The Morgan fingerprint density at radius 2 is 0.654 bits per heavy atom. The van der Waals surface area contributed by atoms with Crippen molar-refractivity contribution in [2.75, 3.05) is 52.8 Å². The van der Waals surface area contributed by atoms with Crippen LogP contribution in [0, 0.1) is 0 Å². The van der Waals surface area contributed by atoms with E-state index in [2.05, 4.69) is 38.8 Å². The number of hydrogen-bond acceptors (Lipinski definition) is 8. The molecule has 0 aliphatic carbocycles. The molecule has 0 aliphatic rings. The lowest BCUT2D eigenvalue weighted by Gasteiger charge is -2.21. The zero-order chi connectivity index (χ0) is 38.7. The van der Waals surface area contributed by atoms with Crippen LogP contribution in [0.5, 0.6) is 0 Å². The van der Waals surface area contributed by atoms with Crippen LogP contribution < -0.4 is 30.6 Å². The molecule has 52 heavy (non-hydrogen) atoms. The third kappa shape index (κ3) is 35.5. The number of nitrogens with one attached hydrogen (secondary N) is 4. The van der Waals surface area contributed by atoms with E-state index in [1.807, 2.05) is 0 Å². The number of carboxylic acids is 2.